The van der Waals surface area contributed by atoms with E-state index in [-0.39, 0.29) is 36.4 Å². The van der Waals surface area contributed by atoms with Crippen LogP contribution in [0.5, 0.6) is 0 Å². The first-order chi connectivity index (χ1) is 11.1. The van der Waals surface area contributed by atoms with Gasteiger partial charge in [-0.2, -0.15) is 0 Å². The minimum absolute atomic E-state index is 0. The Morgan fingerprint density at radius 1 is 1.25 bits per heavy atom. The van der Waals surface area contributed by atoms with Crippen LogP contribution in [-0.4, -0.2) is 37.7 Å². The molecule has 134 valence electrons. The van der Waals surface area contributed by atoms with Crippen molar-refractivity contribution in [1.82, 2.24) is 5.32 Å². The van der Waals surface area contributed by atoms with Gasteiger partial charge in [0.15, 0.2) is 0 Å². The molecule has 0 radical (unpaired) electrons. The molecule has 0 saturated carbocycles. The van der Waals surface area contributed by atoms with Gasteiger partial charge in [0.25, 0.3) is 0 Å². The lowest BCUT2D eigenvalue weighted by Crippen LogP contribution is -2.35. The van der Waals surface area contributed by atoms with Gasteiger partial charge in [-0.25, -0.2) is 4.79 Å². The SMILES string of the molecule is CC(CN)C(=O)Nc1ccc(NC(=O)NCC2CCCO2)cc1.Cl. The van der Waals surface area contributed by atoms with Gasteiger partial charge in [-0.3, -0.25) is 4.79 Å². The van der Waals surface area contributed by atoms with E-state index >= 15 is 0 Å². The van der Waals surface area contributed by atoms with E-state index in [4.69, 9.17) is 10.5 Å². The Morgan fingerprint density at radius 3 is 2.42 bits per heavy atom. The summed E-state index contributed by atoms with van der Waals surface area (Å²) in [5.74, 6) is -0.362. The molecule has 0 aliphatic carbocycles. The van der Waals surface area contributed by atoms with Gasteiger partial charge in [0.05, 0.1) is 6.10 Å². The number of hydrogen-bond donors (Lipinski definition) is 4. The zero-order valence-corrected chi connectivity index (χ0v) is 14.5. The van der Waals surface area contributed by atoms with E-state index in [0.29, 0.717) is 24.5 Å². The summed E-state index contributed by atoms with van der Waals surface area (Å²) in [6.45, 7) is 3.35. The molecule has 24 heavy (non-hydrogen) atoms. The number of amides is 3. The van der Waals surface area contributed by atoms with Crippen LogP contribution in [-0.2, 0) is 9.53 Å². The van der Waals surface area contributed by atoms with Crippen molar-refractivity contribution >= 4 is 35.7 Å². The van der Waals surface area contributed by atoms with Gasteiger partial charge in [0.2, 0.25) is 5.91 Å². The summed E-state index contributed by atoms with van der Waals surface area (Å²) in [4.78, 5) is 23.5. The molecule has 5 N–H and O–H groups in total. The largest absolute Gasteiger partial charge is 0.376 e. The molecular formula is C16H25ClN4O3. The van der Waals surface area contributed by atoms with E-state index in [0.717, 1.165) is 19.4 Å². The Bertz CT molecular complexity index is 533. The maximum absolute atomic E-state index is 11.8. The van der Waals surface area contributed by atoms with Crippen LogP contribution in [0.4, 0.5) is 16.2 Å². The topological polar surface area (TPSA) is 105 Å². The highest BCUT2D eigenvalue weighted by Gasteiger charge is 2.16. The molecular weight excluding hydrogens is 332 g/mol. The summed E-state index contributed by atoms with van der Waals surface area (Å²) in [7, 11) is 0. The predicted octanol–water partition coefficient (Wildman–Crippen LogP) is 1.94. The van der Waals surface area contributed by atoms with Crippen LogP contribution >= 0.6 is 12.4 Å². The number of anilines is 2. The molecule has 2 atom stereocenters. The van der Waals surface area contributed by atoms with Gasteiger partial charge in [-0.15, -0.1) is 12.4 Å². The zero-order valence-electron chi connectivity index (χ0n) is 13.7. The summed E-state index contributed by atoms with van der Waals surface area (Å²) in [5.41, 5.74) is 6.77. The van der Waals surface area contributed by atoms with Crippen molar-refractivity contribution in [3.8, 4) is 0 Å². The summed E-state index contributed by atoms with van der Waals surface area (Å²) in [6.07, 6.45) is 2.14. The molecule has 1 aromatic rings. The highest BCUT2D eigenvalue weighted by Crippen LogP contribution is 2.14. The van der Waals surface area contributed by atoms with Crippen LogP contribution in [0.25, 0.3) is 0 Å². The predicted molar refractivity (Wildman–Crippen MR) is 96.5 cm³/mol. The normalized spacial score (nSPS) is 17.5. The number of ether oxygens (including phenoxy) is 1. The van der Waals surface area contributed by atoms with Crippen molar-refractivity contribution in [2.24, 2.45) is 11.7 Å². The molecule has 0 aromatic heterocycles. The highest BCUT2D eigenvalue weighted by atomic mass is 35.5. The molecule has 0 bridgehead atoms. The fraction of sp³-hybridized carbons (Fsp3) is 0.500. The number of benzene rings is 1. The van der Waals surface area contributed by atoms with Crippen molar-refractivity contribution in [2.75, 3.05) is 30.3 Å². The van der Waals surface area contributed by atoms with E-state index in [2.05, 4.69) is 16.0 Å². The molecule has 1 aliphatic heterocycles. The van der Waals surface area contributed by atoms with E-state index in [1.807, 2.05) is 0 Å². The Balaban J connectivity index is 0.00000288. The molecule has 8 heteroatoms. The molecule has 2 unspecified atom stereocenters. The van der Waals surface area contributed by atoms with Crippen LogP contribution in [0.15, 0.2) is 24.3 Å². The van der Waals surface area contributed by atoms with Crippen LogP contribution in [0.3, 0.4) is 0 Å². The van der Waals surface area contributed by atoms with Crippen LogP contribution in [0, 0.1) is 5.92 Å². The number of nitrogens with one attached hydrogen (secondary N) is 3. The number of nitrogens with two attached hydrogens (primary N) is 1. The number of urea groups is 1. The van der Waals surface area contributed by atoms with Gasteiger partial charge in [-0.05, 0) is 37.1 Å². The number of hydrogen-bond acceptors (Lipinski definition) is 4. The summed E-state index contributed by atoms with van der Waals surface area (Å²) in [5, 5.41) is 8.30. The first-order valence-electron chi connectivity index (χ1n) is 7.86. The van der Waals surface area contributed by atoms with Crippen molar-refractivity contribution < 1.29 is 14.3 Å². The standard InChI is InChI=1S/C16H24N4O3.ClH/c1-11(9-17)15(21)19-12-4-6-13(7-5-12)20-16(22)18-10-14-3-2-8-23-14;/h4-7,11,14H,2-3,8-10,17H2,1H3,(H,19,21)(H2,18,20,22);1H. The quantitative estimate of drug-likeness (QED) is 0.625. The Hall–Kier alpha value is -1.83. The summed E-state index contributed by atoms with van der Waals surface area (Å²) in [6, 6.07) is 6.66. The van der Waals surface area contributed by atoms with Gasteiger partial charge in [-0.1, -0.05) is 6.92 Å². The number of rotatable bonds is 6. The minimum atomic E-state index is -0.269. The van der Waals surface area contributed by atoms with Crippen LogP contribution in [0.1, 0.15) is 19.8 Å². The third kappa shape index (κ3) is 6.35. The van der Waals surface area contributed by atoms with Gasteiger partial charge < -0.3 is 26.4 Å². The van der Waals surface area contributed by atoms with Gasteiger partial charge >= 0.3 is 6.03 Å². The second-order valence-electron chi connectivity index (χ2n) is 5.67. The van der Waals surface area contributed by atoms with Crippen molar-refractivity contribution in [2.45, 2.75) is 25.9 Å². The molecule has 1 saturated heterocycles. The molecule has 2 rings (SSSR count). The smallest absolute Gasteiger partial charge is 0.319 e. The monoisotopic (exact) mass is 356 g/mol. The molecule has 1 fully saturated rings. The zero-order chi connectivity index (χ0) is 16.7. The Morgan fingerprint density at radius 2 is 1.88 bits per heavy atom. The fourth-order valence-electron chi connectivity index (χ4n) is 2.20. The van der Waals surface area contributed by atoms with Gasteiger partial charge in [0.1, 0.15) is 0 Å². The molecule has 7 nitrogen and oxygen atoms in total. The average Bonchev–Trinajstić information content (AvgIpc) is 3.07. The summed E-state index contributed by atoms with van der Waals surface area (Å²) < 4.78 is 5.44. The molecule has 1 aliphatic rings. The first-order valence-corrected chi connectivity index (χ1v) is 7.86. The van der Waals surface area contributed by atoms with Crippen LogP contribution in [0.2, 0.25) is 0 Å². The summed E-state index contributed by atoms with van der Waals surface area (Å²) >= 11 is 0. The molecule has 1 heterocycles. The van der Waals surface area contributed by atoms with E-state index in [1.165, 1.54) is 0 Å². The lowest BCUT2D eigenvalue weighted by atomic mass is 10.1. The molecule has 3 amide bonds. The van der Waals surface area contributed by atoms with Gasteiger partial charge in [0, 0.05) is 37.0 Å². The van der Waals surface area contributed by atoms with Crippen molar-refractivity contribution in [3.05, 3.63) is 24.3 Å². The first kappa shape index (κ1) is 20.2. The molecule has 0 spiro atoms. The highest BCUT2D eigenvalue weighted by molar-refractivity contribution is 5.93. The van der Waals surface area contributed by atoms with E-state index < -0.39 is 0 Å². The van der Waals surface area contributed by atoms with Crippen molar-refractivity contribution in [3.63, 3.8) is 0 Å². The lowest BCUT2D eigenvalue weighted by molar-refractivity contribution is -0.119. The number of carbonyl (C=O) groups is 2. The fourth-order valence-corrected chi connectivity index (χ4v) is 2.20. The maximum Gasteiger partial charge on any atom is 0.319 e. The third-order valence-corrected chi connectivity index (χ3v) is 3.73. The third-order valence-electron chi connectivity index (χ3n) is 3.73. The average molecular weight is 357 g/mol. The minimum Gasteiger partial charge on any atom is -0.376 e. The number of carbonyl (C=O) groups excluding carboxylic acids is 2. The lowest BCUT2D eigenvalue weighted by Gasteiger charge is -2.13. The van der Waals surface area contributed by atoms with E-state index in [1.54, 1.807) is 31.2 Å². The second-order valence-corrected chi connectivity index (χ2v) is 5.67. The Kier molecular flexibility index (Phi) is 8.53. The van der Waals surface area contributed by atoms with Crippen LogP contribution < -0.4 is 21.7 Å². The maximum atomic E-state index is 11.8. The molecule has 1 aromatic carbocycles. The van der Waals surface area contributed by atoms with E-state index in [9.17, 15) is 9.59 Å². The van der Waals surface area contributed by atoms with Crippen molar-refractivity contribution in [1.29, 1.82) is 0 Å². The Labute approximate surface area is 148 Å². The number of halogens is 1. The second kappa shape index (κ2) is 10.1.